The van der Waals surface area contributed by atoms with Crippen molar-refractivity contribution < 1.29 is 0 Å². The Morgan fingerprint density at radius 3 is 2.18 bits per heavy atom. The summed E-state index contributed by atoms with van der Waals surface area (Å²) in [5.74, 6) is 0. The Hall–Kier alpha value is -2.87. The average molecular weight is 413 g/mol. The van der Waals surface area contributed by atoms with Gasteiger partial charge in [-0.05, 0) is 18.5 Å². The zero-order valence-electron chi connectivity index (χ0n) is 16.2. The molecule has 0 saturated heterocycles. The molecule has 0 unspecified atom stereocenters. The number of hydrogen-bond donors (Lipinski definition) is 0. The normalized spacial score (nSPS) is 11.2. The molecule has 0 saturated carbocycles. The van der Waals surface area contributed by atoms with E-state index in [-0.39, 0.29) is 5.41 Å². The molecule has 2 heterocycles. The number of nitrogens with zero attached hydrogens (tertiary/aromatic N) is 8. The molecule has 2 aromatic rings. The molecule has 28 heavy (non-hydrogen) atoms. The van der Waals surface area contributed by atoms with Crippen molar-refractivity contribution in [1.29, 1.82) is 0 Å². The summed E-state index contributed by atoms with van der Waals surface area (Å²) in [7, 11) is 0. The SMILES string of the molecule is [C-]#[N+]CCN(CC[N+]#[C-])c1nc(C(C)(C)C)c(N=Nc2snc(C)c2[N+]#[C-])s1. The van der Waals surface area contributed by atoms with Gasteiger partial charge in [0.1, 0.15) is 0 Å². The number of thiazole rings is 1. The predicted octanol–water partition coefficient (Wildman–Crippen LogP) is 5.82. The van der Waals surface area contributed by atoms with Gasteiger partial charge in [-0.3, -0.25) is 0 Å². The first-order valence-electron chi connectivity index (χ1n) is 8.50. The van der Waals surface area contributed by atoms with Gasteiger partial charge in [0.25, 0.3) is 0 Å². The van der Waals surface area contributed by atoms with Crippen LogP contribution in [0.3, 0.4) is 0 Å². The first-order valence-corrected chi connectivity index (χ1v) is 10.1. The van der Waals surface area contributed by atoms with Crippen LogP contribution in [-0.4, -0.2) is 35.5 Å². The zero-order valence-corrected chi connectivity index (χ0v) is 17.9. The van der Waals surface area contributed by atoms with Crippen molar-refractivity contribution in [2.45, 2.75) is 33.1 Å². The van der Waals surface area contributed by atoms with E-state index in [0.29, 0.717) is 47.6 Å². The molecule has 0 aliphatic carbocycles. The third kappa shape index (κ3) is 5.10. The number of anilines is 1. The fraction of sp³-hybridized carbons (Fsp3) is 0.500. The van der Waals surface area contributed by atoms with Gasteiger partial charge in [0.05, 0.1) is 31.0 Å². The molecular weight excluding hydrogens is 392 g/mol. The van der Waals surface area contributed by atoms with E-state index in [2.05, 4.69) is 49.9 Å². The number of aromatic nitrogens is 2. The summed E-state index contributed by atoms with van der Waals surface area (Å²) in [5.41, 5.74) is 1.63. The molecule has 0 bridgehead atoms. The van der Waals surface area contributed by atoms with Crippen molar-refractivity contribution in [2.24, 2.45) is 10.2 Å². The molecule has 10 heteroatoms. The van der Waals surface area contributed by atoms with E-state index >= 15 is 0 Å². The topological polar surface area (TPSA) is 66.8 Å². The van der Waals surface area contributed by atoms with Gasteiger partial charge in [-0.15, -0.1) is 10.2 Å². The average Bonchev–Trinajstić information content (AvgIpc) is 3.23. The van der Waals surface area contributed by atoms with Crippen molar-refractivity contribution in [3.63, 3.8) is 0 Å². The van der Waals surface area contributed by atoms with Gasteiger partial charge in [-0.2, -0.15) is 0 Å². The first kappa shape index (κ1) is 21.4. The lowest BCUT2D eigenvalue weighted by Gasteiger charge is -2.18. The number of azo groups is 1. The number of aryl methyl sites for hydroxylation is 1. The second-order valence-corrected chi connectivity index (χ2v) is 8.59. The lowest BCUT2D eigenvalue weighted by Crippen LogP contribution is -2.28. The van der Waals surface area contributed by atoms with E-state index in [4.69, 9.17) is 24.7 Å². The molecule has 8 nitrogen and oxygen atoms in total. The largest absolute Gasteiger partial charge is 0.333 e. The van der Waals surface area contributed by atoms with Crippen LogP contribution < -0.4 is 4.90 Å². The van der Waals surface area contributed by atoms with Gasteiger partial charge in [0.15, 0.2) is 15.1 Å². The molecule has 144 valence electrons. The predicted molar refractivity (Wildman–Crippen MR) is 113 cm³/mol. The van der Waals surface area contributed by atoms with E-state index in [1.54, 1.807) is 6.92 Å². The summed E-state index contributed by atoms with van der Waals surface area (Å²) in [6, 6.07) is 0. The summed E-state index contributed by atoms with van der Waals surface area (Å²) < 4.78 is 4.17. The van der Waals surface area contributed by atoms with Crippen LogP contribution in [0.4, 0.5) is 20.8 Å². The number of hydrogen-bond acceptors (Lipinski definition) is 7. The molecule has 0 aliphatic rings. The fourth-order valence-electron chi connectivity index (χ4n) is 2.28. The van der Waals surface area contributed by atoms with Gasteiger partial charge in [0, 0.05) is 5.41 Å². The van der Waals surface area contributed by atoms with E-state index < -0.39 is 0 Å². The molecule has 0 aliphatic heterocycles. The monoisotopic (exact) mass is 412 g/mol. The molecule has 2 rings (SSSR count). The fourth-order valence-corrected chi connectivity index (χ4v) is 4.09. The first-order chi connectivity index (χ1) is 13.3. The highest BCUT2D eigenvalue weighted by Crippen LogP contribution is 2.42. The molecule has 0 N–H and O–H groups in total. The lowest BCUT2D eigenvalue weighted by molar-refractivity contribution is 0.573. The Morgan fingerprint density at radius 2 is 1.64 bits per heavy atom. The standard InChI is InChI=1S/C18H20N8S2/c1-12-13(21-7)15(28-25-12)23-24-16-14(18(2,3)4)22-17(27-16)26(10-8-19-5)11-9-20-6/h8-11H2,1-4H3. The van der Waals surface area contributed by atoms with Crippen molar-refractivity contribution in [2.75, 3.05) is 31.1 Å². The molecule has 0 radical (unpaired) electrons. The van der Waals surface area contributed by atoms with Crippen LogP contribution in [0.1, 0.15) is 32.2 Å². The Bertz CT molecular complexity index is 957. The smallest absolute Gasteiger partial charge is 0.247 e. The van der Waals surface area contributed by atoms with Crippen LogP contribution in [0.15, 0.2) is 10.2 Å². The third-order valence-corrected chi connectivity index (χ3v) is 5.51. The van der Waals surface area contributed by atoms with Gasteiger partial charge < -0.3 is 14.6 Å². The molecule has 0 atom stereocenters. The van der Waals surface area contributed by atoms with E-state index in [9.17, 15) is 0 Å². The Balaban J connectivity index is 2.43. The van der Waals surface area contributed by atoms with Crippen LogP contribution in [0, 0.1) is 26.6 Å². The van der Waals surface area contributed by atoms with Gasteiger partial charge in [-0.1, -0.05) is 32.1 Å². The minimum Gasteiger partial charge on any atom is -0.333 e. The second kappa shape index (κ2) is 9.36. The van der Waals surface area contributed by atoms with Crippen molar-refractivity contribution >= 4 is 43.7 Å². The molecular formula is C18H20N8S2. The summed E-state index contributed by atoms with van der Waals surface area (Å²) in [5, 5.41) is 10.5. The molecule has 0 spiro atoms. The van der Waals surface area contributed by atoms with E-state index in [0.717, 1.165) is 22.4 Å². The highest BCUT2D eigenvalue weighted by molar-refractivity contribution is 7.19. The Kier molecular flexibility index (Phi) is 7.17. The Labute approximate surface area is 173 Å². The number of rotatable bonds is 7. The summed E-state index contributed by atoms with van der Waals surface area (Å²) in [6.45, 7) is 31.0. The molecule has 0 amide bonds. The summed E-state index contributed by atoms with van der Waals surface area (Å²) >= 11 is 2.54. The van der Waals surface area contributed by atoms with Crippen molar-refractivity contribution in [1.82, 2.24) is 9.36 Å². The van der Waals surface area contributed by atoms with Crippen LogP contribution in [0.2, 0.25) is 0 Å². The van der Waals surface area contributed by atoms with E-state index in [1.165, 1.54) is 11.3 Å². The van der Waals surface area contributed by atoms with Crippen LogP contribution in [-0.2, 0) is 5.41 Å². The highest BCUT2D eigenvalue weighted by atomic mass is 32.1. The summed E-state index contributed by atoms with van der Waals surface area (Å²) in [4.78, 5) is 17.0. The van der Waals surface area contributed by atoms with Crippen LogP contribution >= 0.6 is 22.9 Å². The van der Waals surface area contributed by atoms with Gasteiger partial charge in [-0.25, -0.2) is 27.3 Å². The van der Waals surface area contributed by atoms with Crippen LogP contribution in [0.5, 0.6) is 0 Å². The molecule has 0 fully saturated rings. The maximum atomic E-state index is 7.28. The van der Waals surface area contributed by atoms with Crippen LogP contribution in [0.25, 0.3) is 14.5 Å². The van der Waals surface area contributed by atoms with Crippen molar-refractivity contribution in [3.8, 4) is 0 Å². The molecule has 0 aromatic carbocycles. The quantitative estimate of drug-likeness (QED) is 0.425. The van der Waals surface area contributed by atoms with Crippen molar-refractivity contribution in [3.05, 3.63) is 45.6 Å². The maximum absolute atomic E-state index is 7.28. The minimum atomic E-state index is -0.249. The highest BCUT2D eigenvalue weighted by Gasteiger charge is 2.26. The Morgan fingerprint density at radius 1 is 1.04 bits per heavy atom. The van der Waals surface area contributed by atoms with Gasteiger partial charge in [0.2, 0.25) is 18.8 Å². The molecule has 2 aromatic heterocycles. The van der Waals surface area contributed by atoms with E-state index in [1.807, 2.05) is 4.90 Å². The lowest BCUT2D eigenvalue weighted by atomic mass is 9.93. The third-order valence-electron chi connectivity index (χ3n) is 3.70. The minimum absolute atomic E-state index is 0.249. The maximum Gasteiger partial charge on any atom is 0.247 e. The second-order valence-electron chi connectivity index (χ2n) is 6.88. The summed E-state index contributed by atoms with van der Waals surface area (Å²) in [6.07, 6.45) is 0. The zero-order chi connectivity index (χ0) is 20.7. The van der Waals surface area contributed by atoms with Gasteiger partial charge >= 0.3 is 0 Å².